The Balaban J connectivity index is 1.66. The highest BCUT2D eigenvalue weighted by Crippen LogP contribution is 2.29. The molecule has 0 saturated heterocycles. The number of alkyl halides is 3. The molecule has 0 fully saturated rings. The minimum atomic E-state index is -4.33. The number of aryl methyl sites for hydroxylation is 1. The van der Waals surface area contributed by atoms with Gasteiger partial charge in [0.1, 0.15) is 17.9 Å². The number of hydrogen-bond acceptors (Lipinski definition) is 3. The number of phenolic OH excluding ortho intramolecular Hbond substituents is 1. The van der Waals surface area contributed by atoms with E-state index in [-0.39, 0.29) is 5.75 Å². The van der Waals surface area contributed by atoms with Crippen molar-refractivity contribution in [3.63, 3.8) is 0 Å². The fourth-order valence-corrected chi connectivity index (χ4v) is 2.97. The van der Waals surface area contributed by atoms with Crippen LogP contribution in [0, 0.1) is 6.92 Å². The van der Waals surface area contributed by atoms with E-state index in [9.17, 15) is 23.1 Å². The molecule has 0 aliphatic rings. The third-order valence-electron chi connectivity index (χ3n) is 4.50. The number of rotatable bonds is 5. The Labute approximate surface area is 153 Å². The lowest BCUT2D eigenvalue weighted by molar-refractivity contribution is -0.670. The van der Waals surface area contributed by atoms with E-state index < -0.39 is 17.4 Å². The Kier molecular flexibility index (Phi) is 5.23. The first kappa shape index (κ1) is 19.0. The van der Waals surface area contributed by atoms with Crippen LogP contribution in [-0.2, 0) is 19.1 Å². The maximum absolute atomic E-state index is 12.6. The number of fused-ring (bicyclic) bond motifs is 1. The van der Waals surface area contributed by atoms with Crippen LogP contribution in [0.4, 0.5) is 13.2 Å². The molecule has 0 saturated carbocycles. The van der Waals surface area contributed by atoms with Gasteiger partial charge in [-0.2, -0.15) is 13.2 Å². The van der Waals surface area contributed by atoms with Crippen LogP contribution < -0.4 is 10.9 Å². The predicted molar refractivity (Wildman–Crippen MR) is 94.5 cm³/mol. The zero-order valence-electron chi connectivity index (χ0n) is 14.6. The molecule has 1 aromatic heterocycles. The standard InChI is InChI=1S/C20H18F3NO3/c1-12-17(25)7-6-16-14(10-18(26)27-19(12)16)11-24-9-8-13-2-4-15(5-3-13)20(21,22)23/h2-7,10,24-25H,8-9,11H2,1H3/p+1. The molecular formula is C20H19F3NO3+. The van der Waals surface area contributed by atoms with E-state index in [0.29, 0.717) is 30.7 Å². The van der Waals surface area contributed by atoms with Gasteiger partial charge in [0.2, 0.25) is 0 Å². The molecule has 7 heteroatoms. The summed E-state index contributed by atoms with van der Waals surface area (Å²) in [6, 6.07) is 9.82. The van der Waals surface area contributed by atoms with Crippen LogP contribution in [-0.4, -0.2) is 11.7 Å². The first-order chi connectivity index (χ1) is 12.8. The summed E-state index contributed by atoms with van der Waals surface area (Å²) in [6.07, 6.45) is -3.72. The van der Waals surface area contributed by atoms with Crippen LogP contribution in [0.2, 0.25) is 0 Å². The largest absolute Gasteiger partial charge is 0.508 e. The molecule has 0 amide bonds. The van der Waals surface area contributed by atoms with Gasteiger partial charge in [-0.1, -0.05) is 12.1 Å². The third kappa shape index (κ3) is 4.31. The van der Waals surface area contributed by atoms with Gasteiger partial charge in [0, 0.05) is 29.0 Å². The van der Waals surface area contributed by atoms with Crippen molar-refractivity contribution in [2.45, 2.75) is 26.1 Å². The molecule has 0 aliphatic heterocycles. The zero-order valence-corrected chi connectivity index (χ0v) is 14.6. The van der Waals surface area contributed by atoms with Gasteiger partial charge in [0.05, 0.1) is 12.1 Å². The predicted octanol–water partition coefficient (Wildman–Crippen LogP) is 3.13. The number of aromatic hydroxyl groups is 1. The SMILES string of the molecule is Cc1c(O)ccc2c(C[NH2+]CCc3ccc(C(F)(F)F)cc3)cc(=O)oc12. The van der Waals surface area contributed by atoms with Gasteiger partial charge in [-0.15, -0.1) is 0 Å². The fourth-order valence-electron chi connectivity index (χ4n) is 2.97. The van der Waals surface area contributed by atoms with E-state index in [0.717, 1.165) is 28.6 Å². The lowest BCUT2D eigenvalue weighted by atomic mass is 10.1. The fraction of sp³-hybridized carbons (Fsp3) is 0.250. The van der Waals surface area contributed by atoms with Gasteiger partial charge in [0.15, 0.2) is 0 Å². The number of benzene rings is 2. The average molecular weight is 378 g/mol. The molecule has 0 bridgehead atoms. The minimum Gasteiger partial charge on any atom is -0.508 e. The van der Waals surface area contributed by atoms with Gasteiger partial charge in [0.25, 0.3) is 0 Å². The van der Waals surface area contributed by atoms with E-state index in [1.165, 1.54) is 18.2 Å². The Morgan fingerprint density at radius 2 is 1.81 bits per heavy atom. The lowest BCUT2D eigenvalue weighted by Gasteiger charge is -2.09. The third-order valence-corrected chi connectivity index (χ3v) is 4.50. The quantitative estimate of drug-likeness (QED) is 0.530. The molecule has 0 unspecified atom stereocenters. The Morgan fingerprint density at radius 1 is 1.11 bits per heavy atom. The van der Waals surface area contributed by atoms with E-state index >= 15 is 0 Å². The second kappa shape index (κ2) is 7.44. The van der Waals surface area contributed by atoms with Crippen molar-refractivity contribution >= 4 is 11.0 Å². The van der Waals surface area contributed by atoms with Crippen molar-refractivity contribution in [1.29, 1.82) is 0 Å². The molecule has 27 heavy (non-hydrogen) atoms. The highest BCUT2D eigenvalue weighted by Gasteiger charge is 2.29. The summed E-state index contributed by atoms with van der Waals surface area (Å²) < 4.78 is 42.9. The van der Waals surface area contributed by atoms with Crippen molar-refractivity contribution in [2.75, 3.05) is 6.54 Å². The summed E-state index contributed by atoms with van der Waals surface area (Å²) in [5, 5.41) is 12.5. The van der Waals surface area contributed by atoms with Gasteiger partial charge in [-0.05, 0) is 36.8 Å². The van der Waals surface area contributed by atoms with E-state index in [2.05, 4.69) is 0 Å². The van der Waals surface area contributed by atoms with Crippen LogP contribution in [0.1, 0.15) is 22.3 Å². The molecule has 3 rings (SSSR count). The number of quaternary nitrogens is 1. The summed E-state index contributed by atoms with van der Waals surface area (Å²) in [5.74, 6) is 0.0640. The maximum atomic E-state index is 12.6. The summed E-state index contributed by atoms with van der Waals surface area (Å²) in [5.41, 5.74) is 1.35. The van der Waals surface area contributed by atoms with Gasteiger partial charge in [-0.3, -0.25) is 0 Å². The average Bonchev–Trinajstić information content (AvgIpc) is 2.62. The molecule has 1 heterocycles. The van der Waals surface area contributed by atoms with Crippen LogP contribution >= 0.6 is 0 Å². The second-order valence-corrected chi connectivity index (χ2v) is 6.40. The van der Waals surface area contributed by atoms with Crippen molar-refractivity contribution in [3.8, 4) is 5.75 Å². The maximum Gasteiger partial charge on any atom is 0.416 e. The van der Waals surface area contributed by atoms with Crippen LogP contribution in [0.3, 0.4) is 0 Å². The van der Waals surface area contributed by atoms with Gasteiger partial charge >= 0.3 is 11.8 Å². The zero-order chi connectivity index (χ0) is 19.6. The monoisotopic (exact) mass is 378 g/mol. The lowest BCUT2D eigenvalue weighted by Crippen LogP contribution is -2.83. The highest BCUT2D eigenvalue weighted by atomic mass is 19.4. The van der Waals surface area contributed by atoms with Crippen molar-refractivity contribution < 1.29 is 28.0 Å². The first-order valence-electron chi connectivity index (χ1n) is 8.49. The molecule has 2 aromatic carbocycles. The molecule has 0 radical (unpaired) electrons. The van der Waals surface area contributed by atoms with Crippen molar-refractivity contribution in [3.05, 3.63) is 75.1 Å². The minimum absolute atomic E-state index is 0.0640. The highest BCUT2D eigenvalue weighted by molar-refractivity contribution is 5.84. The van der Waals surface area contributed by atoms with E-state index in [1.54, 1.807) is 19.1 Å². The summed E-state index contributed by atoms with van der Waals surface area (Å²) in [7, 11) is 0. The Hall–Kier alpha value is -2.80. The Bertz CT molecular complexity index is 1010. The Morgan fingerprint density at radius 3 is 2.48 bits per heavy atom. The smallest absolute Gasteiger partial charge is 0.416 e. The van der Waals surface area contributed by atoms with Crippen LogP contribution in [0.15, 0.2) is 51.7 Å². The number of phenols is 1. The number of nitrogens with two attached hydrogens (primary N) is 1. The van der Waals surface area contributed by atoms with Crippen LogP contribution in [0.25, 0.3) is 11.0 Å². The topological polar surface area (TPSA) is 67.1 Å². The molecule has 3 aromatic rings. The van der Waals surface area contributed by atoms with E-state index in [1.807, 2.05) is 5.32 Å². The summed E-state index contributed by atoms with van der Waals surface area (Å²) >= 11 is 0. The summed E-state index contributed by atoms with van der Waals surface area (Å²) in [4.78, 5) is 11.8. The van der Waals surface area contributed by atoms with Crippen molar-refractivity contribution in [2.24, 2.45) is 0 Å². The van der Waals surface area contributed by atoms with E-state index in [4.69, 9.17) is 4.42 Å². The van der Waals surface area contributed by atoms with Gasteiger partial charge < -0.3 is 14.8 Å². The molecule has 142 valence electrons. The molecule has 4 nitrogen and oxygen atoms in total. The molecule has 0 atom stereocenters. The van der Waals surface area contributed by atoms with Gasteiger partial charge in [-0.25, -0.2) is 4.79 Å². The number of hydrogen-bond donors (Lipinski definition) is 2. The molecular weight excluding hydrogens is 359 g/mol. The normalized spacial score (nSPS) is 11.9. The molecule has 3 N–H and O–H groups in total. The molecule has 0 spiro atoms. The van der Waals surface area contributed by atoms with Crippen molar-refractivity contribution in [1.82, 2.24) is 0 Å². The first-order valence-corrected chi connectivity index (χ1v) is 8.49. The van der Waals surface area contributed by atoms with Crippen LogP contribution in [0.5, 0.6) is 5.75 Å². The summed E-state index contributed by atoms with van der Waals surface area (Å²) in [6.45, 7) is 2.86. The number of halogens is 3. The second-order valence-electron chi connectivity index (χ2n) is 6.40. The molecule has 0 aliphatic carbocycles.